The Morgan fingerprint density at radius 1 is 1.05 bits per heavy atom. The van der Waals surface area contributed by atoms with Crippen LogP contribution in [0.4, 0.5) is 0 Å². The van der Waals surface area contributed by atoms with Crippen molar-refractivity contribution in [1.82, 2.24) is 4.52 Å². The molecule has 2 aromatic rings. The number of hydrogen-bond donors (Lipinski definition) is 0. The number of halogens is 1. The summed E-state index contributed by atoms with van der Waals surface area (Å²) in [6, 6.07) is 2.23. The van der Waals surface area contributed by atoms with Crippen LogP contribution in [0, 0.1) is 37.9 Å². The third-order valence-electron chi connectivity index (χ3n) is 3.33. The maximum Gasteiger partial charge on any atom is 0.215 e. The van der Waals surface area contributed by atoms with Crippen LogP contribution in [0.1, 0.15) is 48.0 Å². The van der Waals surface area contributed by atoms with Gasteiger partial charge < -0.3 is 0 Å². The molecule has 0 aliphatic heterocycles. The Morgan fingerprint density at radius 3 is 1.95 bits per heavy atom. The van der Waals surface area contributed by atoms with Gasteiger partial charge in [0.1, 0.15) is 0 Å². The minimum Gasteiger partial charge on any atom is -0.222 e. The quantitative estimate of drug-likeness (QED) is 0.575. The molecule has 0 fully saturated rings. The Hall–Kier alpha value is -1.18. The summed E-state index contributed by atoms with van der Waals surface area (Å²) in [5.41, 5.74) is 6.81. The average molecular weight is 317 g/mol. The van der Waals surface area contributed by atoms with E-state index >= 15 is 0 Å². The van der Waals surface area contributed by atoms with E-state index in [1.807, 2.05) is 0 Å². The maximum absolute atomic E-state index is 8.49. The molecular formula is C14H21ClN2O4. The van der Waals surface area contributed by atoms with E-state index < -0.39 is 10.2 Å². The van der Waals surface area contributed by atoms with Crippen molar-refractivity contribution in [3.05, 3.63) is 40.5 Å². The lowest BCUT2D eigenvalue weighted by Gasteiger charge is -2.17. The first-order valence-electron chi connectivity index (χ1n) is 6.56. The molecule has 6 nitrogen and oxygen atoms in total. The molecule has 0 saturated heterocycles. The van der Waals surface area contributed by atoms with Crippen LogP contribution in [-0.2, 0) is 0 Å². The van der Waals surface area contributed by atoms with Crippen molar-refractivity contribution in [1.29, 1.82) is 0 Å². The standard InChI is InChI=1S/C14H21N2.ClHO4/c1-9(2)14-12(5)15-8-10(3)7-11(4)16(15)13(14)6;2-1(3,4)5/h7-9H,1-6H3;(H,2,3,4,5)/q+1;/p-1. The molecule has 7 heteroatoms. The van der Waals surface area contributed by atoms with E-state index in [2.05, 4.69) is 62.8 Å². The monoisotopic (exact) mass is 316 g/mol. The van der Waals surface area contributed by atoms with Gasteiger partial charge in [0.05, 0.1) is 11.4 Å². The van der Waals surface area contributed by atoms with Crippen LogP contribution in [0.25, 0.3) is 0 Å². The van der Waals surface area contributed by atoms with Crippen LogP contribution in [0.5, 0.6) is 0 Å². The summed E-state index contributed by atoms with van der Waals surface area (Å²) in [7, 11) is -4.94. The molecule has 118 valence electrons. The van der Waals surface area contributed by atoms with E-state index in [9.17, 15) is 0 Å². The molecule has 2 aromatic heterocycles. The molecule has 0 aliphatic rings. The second-order valence-corrected chi connectivity index (χ2v) is 6.19. The zero-order valence-electron chi connectivity index (χ0n) is 13.1. The molecule has 2 rings (SSSR count). The molecule has 2 heterocycles. The van der Waals surface area contributed by atoms with Gasteiger partial charge in [-0.3, -0.25) is 0 Å². The zero-order chi connectivity index (χ0) is 16.5. The lowest BCUT2D eigenvalue weighted by atomic mass is 10.0. The lowest BCUT2D eigenvalue weighted by molar-refractivity contribution is -2.00. The minimum atomic E-state index is -4.94. The van der Waals surface area contributed by atoms with Crippen LogP contribution in [0.15, 0.2) is 12.3 Å². The lowest BCUT2D eigenvalue weighted by Crippen LogP contribution is -2.68. The molecule has 0 N–H and O–H groups in total. The molecule has 0 unspecified atom stereocenters. The molecule has 0 aliphatic carbocycles. The van der Waals surface area contributed by atoms with Gasteiger partial charge in [-0.05, 0) is 32.8 Å². The molecule has 0 amide bonds. The van der Waals surface area contributed by atoms with E-state index in [0.717, 1.165) is 0 Å². The molecule has 0 aromatic carbocycles. The number of fused-ring (bicyclic) bond motifs is 1. The van der Waals surface area contributed by atoms with Crippen LogP contribution in [0.3, 0.4) is 0 Å². The fraction of sp³-hybridized carbons (Fsp3) is 0.500. The van der Waals surface area contributed by atoms with Gasteiger partial charge in [-0.15, -0.1) is 14.8 Å². The Labute approximate surface area is 126 Å². The van der Waals surface area contributed by atoms with Crippen LogP contribution < -0.4 is 23.2 Å². The van der Waals surface area contributed by atoms with Crippen molar-refractivity contribution in [2.24, 2.45) is 0 Å². The molecular weight excluding hydrogens is 296 g/mol. The van der Waals surface area contributed by atoms with E-state index in [1.165, 1.54) is 28.2 Å². The first kappa shape index (κ1) is 17.9. The average Bonchev–Trinajstić information content (AvgIpc) is 2.48. The summed E-state index contributed by atoms with van der Waals surface area (Å²) >= 11 is 0. The van der Waals surface area contributed by atoms with E-state index in [4.69, 9.17) is 18.6 Å². The predicted octanol–water partition coefficient (Wildman–Crippen LogP) is -1.87. The molecule has 0 radical (unpaired) electrons. The van der Waals surface area contributed by atoms with E-state index in [0.29, 0.717) is 5.92 Å². The maximum atomic E-state index is 8.49. The smallest absolute Gasteiger partial charge is 0.215 e. The minimum absolute atomic E-state index is 0.576. The van der Waals surface area contributed by atoms with Gasteiger partial charge in [-0.1, -0.05) is 18.4 Å². The summed E-state index contributed by atoms with van der Waals surface area (Å²) in [5, 5.41) is 0. The summed E-state index contributed by atoms with van der Waals surface area (Å²) in [6.07, 6.45) is 2.21. The third kappa shape index (κ3) is 4.39. The first-order chi connectivity index (χ1) is 9.43. The number of nitrogens with zero attached hydrogens (tertiary/aromatic N) is 2. The fourth-order valence-electron chi connectivity index (χ4n) is 2.86. The van der Waals surface area contributed by atoms with Gasteiger partial charge in [0, 0.05) is 18.1 Å². The number of aryl methyl sites for hydroxylation is 4. The van der Waals surface area contributed by atoms with Gasteiger partial charge >= 0.3 is 0 Å². The molecule has 0 spiro atoms. The molecule has 0 atom stereocenters. The summed E-state index contributed by atoms with van der Waals surface area (Å²) in [6.45, 7) is 13.3. The highest BCUT2D eigenvalue weighted by Gasteiger charge is 2.23. The predicted molar refractivity (Wildman–Crippen MR) is 66.1 cm³/mol. The van der Waals surface area contributed by atoms with Gasteiger partial charge in [-0.25, -0.2) is 18.6 Å². The fourth-order valence-corrected chi connectivity index (χ4v) is 2.86. The Balaban J connectivity index is 0.000000383. The normalized spacial score (nSPS) is 11.8. The van der Waals surface area contributed by atoms with Crippen LogP contribution in [-0.4, -0.2) is 4.52 Å². The third-order valence-corrected chi connectivity index (χ3v) is 3.33. The topological polar surface area (TPSA) is 101 Å². The van der Waals surface area contributed by atoms with Gasteiger partial charge in [0.2, 0.25) is 11.9 Å². The zero-order valence-corrected chi connectivity index (χ0v) is 13.9. The van der Waals surface area contributed by atoms with Crippen molar-refractivity contribution in [3.8, 4) is 0 Å². The highest BCUT2D eigenvalue weighted by atomic mass is 35.7. The molecule has 0 bridgehead atoms. The van der Waals surface area contributed by atoms with Crippen LogP contribution >= 0.6 is 0 Å². The van der Waals surface area contributed by atoms with Crippen molar-refractivity contribution in [2.45, 2.75) is 47.5 Å². The molecule has 21 heavy (non-hydrogen) atoms. The summed E-state index contributed by atoms with van der Waals surface area (Å²) in [5.74, 6) is 0.576. The summed E-state index contributed by atoms with van der Waals surface area (Å²) in [4.78, 5) is 0. The van der Waals surface area contributed by atoms with Crippen LogP contribution in [0.2, 0.25) is 0 Å². The second-order valence-electron chi connectivity index (χ2n) is 5.43. The van der Waals surface area contributed by atoms with Gasteiger partial charge in [-0.2, -0.15) is 0 Å². The van der Waals surface area contributed by atoms with E-state index in [-0.39, 0.29) is 0 Å². The Kier molecular flexibility index (Phi) is 5.35. The van der Waals surface area contributed by atoms with E-state index in [1.54, 1.807) is 0 Å². The number of aromatic nitrogens is 2. The van der Waals surface area contributed by atoms with Crippen molar-refractivity contribution >= 4 is 0 Å². The first-order valence-corrected chi connectivity index (χ1v) is 7.79. The Bertz CT molecular complexity index is 639. The largest absolute Gasteiger partial charge is 0.222 e. The number of rotatable bonds is 1. The number of hydrogen-bond acceptors (Lipinski definition) is 4. The van der Waals surface area contributed by atoms with Gasteiger partial charge in [0.15, 0.2) is 0 Å². The summed E-state index contributed by atoms with van der Waals surface area (Å²) < 4.78 is 38.5. The van der Waals surface area contributed by atoms with Gasteiger partial charge in [0.25, 0.3) is 0 Å². The van der Waals surface area contributed by atoms with Crippen molar-refractivity contribution in [3.63, 3.8) is 0 Å². The highest BCUT2D eigenvalue weighted by Crippen LogP contribution is 2.21. The second kappa shape index (κ2) is 6.29. The Morgan fingerprint density at radius 2 is 1.52 bits per heavy atom. The van der Waals surface area contributed by atoms with Crippen molar-refractivity contribution < 1.29 is 33.4 Å². The van der Waals surface area contributed by atoms with Crippen molar-refractivity contribution in [2.75, 3.05) is 0 Å². The molecule has 0 saturated carbocycles. The SMILES string of the molecule is Cc1cc(C)n2c(C)c(C(C)C)c(C)[n+]2c1.[O-][Cl+3]([O-])([O-])[O-]. The highest BCUT2D eigenvalue weighted by molar-refractivity contribution is 5.27.